The Labute approximate surface area is 116 Å². The zero-order valence-corrected chi connectivity index (χ0v) is 11.3. The molecule has 6 nitrogen and oxygen atoms in total. The van der Waals surface area contributed by atoms with E-state index in [2.05, 4.69) is 10.2 Å². The van der Waals surface area contributed by atoms with Crippen molar-refractivity contribution >= 4 is 22.9 Å². The van der Waals surface area contributed by atoms with E-state index in [1.807, 2.05) is 30.3 Å². The second-order valence-corrected chi connectivity index (χ2v) is 4.05. The van der Waals surface area contributed by atoms with Crippen LogP contribution in [0.1, 0.15) is 5.56 Å². The Hall–Kier alpha value is -2.76. The first-order chi connectivity index (χ1) is 9.65. The number of benzene rings is 2. The Morgan fingerprint density at radius 2 is 1.85 bits per heavy atom. The standard InChI is InChI=1S/C14H16N4O2/c1-19-12-5-3-4-9-6-10(8-17-18-14(15)16)13(20-2)7-11(9)12/h3-8H,1-2H3,(H4,15,16,18). The number of fused-ring (bicyclic) bond motifs is 1. The van der Waals surface area contributed by atoms with Crippen LogP contribution in [0.15, 0.2) is 40.5 Å². The molecule has 0 spiro atoms. The first kappa shape index (κ1) is 13.7. The predicted molar refractivity (Wildman–Crippen MR) is 80.5 cm³/mol. The molecular formula is C14H16N4O2. The topological polar surface area (TPSA) is 95.2 Å². The van der Waals surface area contributed by atoms with Crippen molar-refractivity contribution in [1.29, 1.82) is 0 Å². The molecule has 0 aliphatic heterocycles. The van der Waals surface area contributed by atoms with Gasteiger partial charge in [0.2, 0.25) is 5.96 Å². The summed E-state index contributed by atoms with van der Waals surface area (Å²) in [4.78, 5) is 0. The van der Waals surface area contributed by atoms with E-state index in [9.17, 15) is 0 Å². The summed E-state index contributed by atoms with van der Waals surface area (Å²) in [5, 5.41) is 9.35. The molecule has 6 heteroatoms. The maximum atomic E-state index is 5.35. The summed E-state index contributed by atoms with van der Waals surface area (Å²) in [5.41, 5.74) is 11.2. The maximum Gasteiger partial charge on any atom is 0.211 e. The Morgan fingerprint density at radius 1 is 1.10 bits per heavy atom. The second kappa shape index (κ2) is 5.92. The highest BCUT2D eigenvalue weighted by Crippen LogP contribution is 2.31. The van der Waals surface area contributed by atoms with Gasteiger partial charge in [-0.05, 0) is 23.6 Å². The second-order valence-electron chi connectivity index (χ2n) is 4.05. The van der Waals surface area contributed by atoms with Gasteiger partial charge in [-0.3, -0.25) is 0 Å². The first-order valence-electron chi connectivity index (χ1n) is 5.92. The van der Waals surface area contributed by atoms with E-state index in [0.717, 1.165) is 22.1 Å². The summed E-state index contributed by atoms with van der Waals surface area (Å²) >= 11 is 0. The summed E-state index contributed by atoms with van der Waals surface area (Å²) in [6, 6.07) is 9.63. The van der Waals surface area contributed by atoms with Crippen molar-refractivity contribution in [3.63, 3.8) is 0 Å². The molecule has 2 aromatic carbocycles. The molecule has 0 saturated heterocycles. The van der Waals surface area contributed by atoms with Crippen LogP contribution in [0.3, 0.4) is 0 Å². The third kappa shape index (κ3) is 2.80. The number of guanidine groups is 1. The number of methoxy groups -OCH3 is 2. The Balaban J connectivity index is 2.55. The van der Waals surface area contributed by atoms with Gasteiger partial charge in [0.25, 0.3) is 0 Å². The van der Waals surface area contributed by atoms with Gasteiger partial charge in [-0.15, -0.1) is 5.10 Å². The van der Waals surface area contributed by atoms with Gasteiger partial charge in [0.1, 0.15) is 11.5 Å². The number of hydrogen-bond donors (Lipinski definition) is 2. The van der Waals surface area contributed by atoms with E-state index in [1.54, 1.807) is 14.2 Å². The summed E-state index contributed by atoms with van der Waals surface area (Å²) in [6.07, 6.45) is 1.54. The lowest BCUT2D eigenvalue weighted by Gasteiger charge is -2.09. The van der Waals surface area contributed by atoms with E-state index in [-0.39, 0.29) is 5.96 Å². The molecule has 0 aliphatic carbocycles. The Morgan fingerprint density at radius 3 is 2.50 bits per heavy atom. The highest BCUT2D eigenvalue weighted by molar-refractivity contribution is 5.96. The number of ether oxygens (including phenoxy) is 2. The van der Waals surface area contributed by atoms with Crippen LogP contribution >= 0.6 is 0 Å². The molecule has 0 fully saturated rings. The Bertz CT molecular complexity index is 676. The lowest BCUT2D eigenvalue weighted by atomic mass is 10.1. The van der Waals surface area contributed by atoms with Crippen LogP contribution in [0.5, 0.6) is 11.5 Å². The van der Waals surface area contributed by atoms with E-state index in [1.165, 1.54) is 6.21 Å². The van der Waals surface area contributed by atoms with Crippen LogP contribution in [0.4, 0.5) is 0 Å². The van der Waals surface area contributed by atoms with Crippen LogP contribution < -0.4 is 20.9 Å². The minimum atomic E-state index is -0.0947. The molecule has 0 atom stereocenters. The molecule has 0 unspecified atom stereocenters. The zero-order chi connectivity index (χ0) is 14.5. The highest BCUT2D eigenvalue weighted by atomic mass is 16.5. The third-order valence-corrected chi connectivity index (χ3v) is 2.78. The van der Waals surface area contributed by atoms with E-state index >= 15 is 0 Å². The normalized spacial score (nSPS) is 10.7. The van der Waals surface area contributed by atoms with Crippen LogP contribution in [0, 0.1) is 0 Å². The van der Waals surface area contributed by atoms with Gasteiger partial charge >= 0.3 is 0 Å². The highest BCUT2D eigenvalue weighted by Gasteiger charge is 2.07. The van der Waals surface area contributed by atoms with Crippen molar-refractivity contribution in [2.24, 2.45) is 21.7 Å². The van der Waals surface area contributed by atoms with Gasteiger partial charge in [0, 0.05) is 10.9 Å². The summed E-state index contributed by atoms with van der Waals surface area (Å²) in [5.74, 6) is 1.35. The van der Waals surface area contributed by atoms with E-state index in [0.29, 0.717) is 5.75 Å². The molecule has 2 aromatic rings. The van der Waals surface area contributed by atoms with Gasteiger partial charge in [0.05, 0.1) is 20.4 Å². The lowest BCUT2D eigenvalue weighted by Crippen LogP contribution is -2.21. The SMILES string of the molecule is COc1cc2c(OC)cccc2cc1C=NN=C(N)N. The fourth-order valence-electron chi connectivity index (χ4n) is 1.91. The van der Waals surface area contributed by atoms with Gasteiger partial charge in [-0.2, -0.15) is 5.10 Å². The molecule has 0 heterocycles. The monoisotopic (exact) mass is 272 g/mol. The molecule has 0 amide bonds. The van der Waals surface area contributed by atoms with Gasteiger partial charge < -0.3 is 20.9 Å². The van der Waals surface area contributed by atoms with Crippen molar-refractivity contribution in [1.82, 2.24) is 0 Å². The van der Waals surface area contributed by atoms with Crippen molar-refractivity contribution in [3.05, 3.63) is 35.9 Å². The molecule has 0 aromatic heterocycles. The van der Waals surface area contributed by atoms with Gasteiger partial charge in [-0.25, -0.2) is 0 Å². The number of nitrogens with zero attached hydrogens (tertiary/aromatic N) is 2. The molecule has 0 bridgehead atoms. The average molecular weight is 272 g/mol. The average Bonchev–Trinajstić information content (AvgIpc) is 2.45. The zero-order valence-electron chi connectivity index (χ0n) is 11.3. The number of rotatable bonds is 4. The van der Waals surface area contributed by atoms with Crippen LogP contribution in [0.2, 0.25) is 0 Å². The van der Waals surface area contributed by atoms with Crippen molar-refractivity contribution in [3.8, 4) is 11.5 Å². The molecule has 4 N–H and O–H groups in total. The fourth-order valence-corrected chi connectivity index (χ4v) is 1.91. The van der Waals surface area contributed by atoms with Crippen LogP contribution in [0.25, 0.3) is 10.8 Å². The Kier molecular flexibility index (Phi) is 4.05. The number of nitrogens with two attached hydrogens (primary N) is 2. The minimum absolute atomic E-state index is 0.0947. The summed E-state index contributed by atoms with van der Waals surface area (Å²) in [7, 11) is 3.23. The van der Waals surface area contributed by atoms with E-state index < -0.39 is 0 Å². The molecule has 0 radical (unpaired) electrons. The predicted octanol–water partition coefficient (Wildman–Crippen LogP) is 1.46. The third-order valence-electron chi connectivity index (χ3n) is 2.78. The molecule has 20 heavy (non-hydrogen) atoms. The molecule has 104 valence electrons. The largest absolute Gasteiger partial charge is 0.496 e. The van der Waals surface area contributed by atoms with Crippen LogP contribution in [-0.2, 0) is 0 Å². The lowest BCUT2D eigenvalue weighted by molar-refractivity contribution is 0.411. The van der Waals surface area contributed by atoms with Crippen molar-refractivity contribution in [2.75, 3.05) is 14.2 Å². The smallest absolute Gasteiger partial charge is 0.211 e. The molecule has 0 aliphatic rings. The van der Waals surface area contributed by atoms with Gasteiger partial charge in [-0.1, -0.05) is 12.1 Å². The van der Waals surface area contributed by atoms with Crippen molar-refractivity contribution in [2.45, 2.75) is 0 Å². The molecular weight excluding hydrogens is 256 g/mol. The van der Waals surface area contributed by atoms with Gasteiger partial charge in [0.15, 0.2) is 0 Å². The maximum absolute atomic E-state index is 5.35. The van der Waals surface area contributed by atoms with Crippen molar-refractivity contribution < 1.29 is 9.47 Å². The first-order valence-corrected chi connectivity index (χ1v) is 5.92. The molecule has 2 rings (SSSR count). The molecule has 0 saturated carbocycles. The number of hydrogen-bond acceptors (Lipinski definition) is 4. The van der Waals surface area contributed by atoms with E-state index in [4.69, 9.17) is 20.9 Å². The quantitative estimate of drug-likeness (QED) is 0.500. The summed E-state index contributed by atoms with van der Waals surface area (Å²) < 4.78 is 10.7. The van der Waals surface area contributed by atoms with Crippen LogP contribution in [-0.4, -0.2) is 26.4 Å². The fraction of sp³-hybridized carbons (Fsp3) is 0.143. The summed E-state index contributed by atoms with van der Waals surface area (Å²) in [6.45, 7) is 0. The minimum Gasteiger partial charge on any atom is -0.496 e.